The molecule has 0 unspecified atom stereocenters. The fourth-order valence-corrected chi connectivity index (χ4v) is 6.71. The fraction of sp³-hybridized carbons (Fsp3) is 0.242. The number of benzene rings is 3. The van der Waals surface area contributed by atoms with Crippen LogP contribution < -0.4 is 0 Å². The maximum absolute atomic E-state index is 5.06. The minimum atomic E-state index is 0.445. The van der Waals surface area contributed by atoms with Crippen molar-refractivity contribution in [1.29, 1.82) is 0 Å². The van der Waals surface area contributed by atoms with Crippen molar-refractivity contribution >= 4 is 65.8 Å². The molecule has 2 aliphatic heterocycles. The predicted molar refractivity (Wildman–Crippen MR) is 161 cm³/mol. The van der Waals surface area contributed by atoms with E-state index in [1.807, 2.05) is 23.6 Å². The van der Waals surface area contributed by atoms with E-state index in [0.29, 0.717) is 11.8 Å². The number of hydrogen-bond donors (Lipinski definition) is 0. The van der Waals surface area contributed by atoms with Crippen molar-refractivity contribution in [2.45, 2.75) is 40.5 Å². The molecule has 0 radical (unpaired) electrons. The third-order valence-electron chi connectivity index (χ3n) is 7.83. The lowest BCUT2D eigenvalue weighted by atomic mass is 9.93. The zero-order valence-corrected chi connectivity index (χ0v) is 22.5. The minimum absolute atomic E-state index is 0.445. The number of hydrogen-bond acceptors (Lipinski definition) is 4. The average molecular weight is 500 g/mol. The molecule has 0 spiro atoms. The van der Waals surface area contributed by atoms with E-state index in [0.717, 1.165) is 29.4 Å². The van der Waals surface area contributed by atoms with E-state index < -0.39 is 0 Å². The van der Waals surface area contributed by atoms with Gasteiger partial charge in [-0.25, -0.2) is 0 Å². The molecule has 2 aromatic heterocycles. The summed E-state index contributed by atoms with van der Waals surface area (Å²) >= 11 is 1.87. The van der Waals surface area contributed by atoms with Crippen LogP contribution in [0.15, 0.2) is 77.0 Å². The smallest absolute Gasteiger partial charge is 0.0802 e. The summed E-state index contributed by atoms with van der Waals surface area (Å²) in [6, 6.07) is 20.3. The molecule has 37 heavy (non-hydrogen) atoms. The molecule has 3 nitrogen and oxygen atoms in total. The number of fused-ring (bicyclic) bond motifs is 7. The standard InChI is InChI=1S/C33H29N3S/c1-18(2)28-13-23(17-35-28)20-7-8-22-15-31(37-30(22)14-20)21-9-10-24-26(12-21)32-25(6-5-11-34-32)33-27(24)16-29(36-33)19(3)4/h5-12,14-15,17-19H,13,16H2,1-4H3. The molecule has 3 aromatic carbocycles. The molecule has 182 valence electrons. The summed E-state index contributed by atoms with van der Waals surface area (Å²) in [5.41, 5.74) is 9.90. The molecule has 0 fully saturated rings. The summed E-state index contributed by atoms with van der Waals surface area (Å²) in [6.45, 7) is 8.91. The molecule has 2 aliphatic rings. The predicted octanol–water partition coefficient (Wildman–Crippen LogP) is 9.40. The lowest BCUT2D eigenvalue weighted by molar-refractivity contribution is 0.872. The molecule has 4 heteroatoms. The number of aliphatic imine (C=N–C) groups is 2. The van der Waals surface area contributed by atoms with Gasteiger partial charge in [-0.3, -0.25) is 15.0 Å². The van der Waals surface area contributed by atoms with Crippen LogP contribution in [0.25, 0.3) is 47.8 Å². The van der Waals surface area contributed by atoms with Crippen LogP contribution in [0, 0.1) is 11.8 Å². The number of rotatable bonds is 4. The molecule has 0 aliphatic carbocycles. The van der Waals surface area contributed by atoms with E-state index in [2.05, 4.69) is 87.4 Å². The highest BCUT2D eigenvalue weighted by Gasteiger charge is 2.23. The van der Waals surface area contributed by atoms with Gasteiger partial charge in [-0.15, -0.1) is 11.3 Å². The summed E-state index contributed by atoms with van der Waals surface area (Å²) in [6.07, 6.45) is 5.84. The van der Waals surface area contributed by atoms with Crippen LogP contribution in [0.2, 0.25) is 0 Å². The molecule has 0 atom stereocenters. The topological polar surface area (TPSA) is 37.6 Å². The van der Waals surface area contributed by atoms with Crippen molar-refractivity contribution in [2.75, 3.05) is 0 Å². The van der Waals surface area contributed by atoms with E-state index in [9.17, 15) is 0 Å². The highest BCUT2D eigenvalue weighted by Crippen LogP contribution is 2.44. The molecule has 0 saturated carbocycles. The third-order valence-corrected chi connectivity index (χ3v) is 8.97. The Morgan fingerprint density at radius 2 is 1.62 bits per heavy atom. The lowest BCUT2D eigenvalue weighted by Gasteiger charge is -2.11. The van der Waals surface area contributed by atoms with Crippen LogP contribution in [0.3, 0.4) is 0 Å². The lowest BCUT2D eigenvalue weighted by Crippen LogP contribution is -2.06. The summed E-state index contributed by atoms with van der Waals surface area (Å²) in [7, 11) is 0. The van der Waals surface area contributed by atoms with E-state index in [-0.39, 0.29) is 0 Å². The van der Waals surface area contributed by atoms with Gasteiger partial charge in [-0.2, -0.15) is 0 Å². The third kappa shape index (κ3) is 3.66. The highest BCUT2D eigenvalue weighted by atomic mass is 32.1. The van der Waals surface area contributed by atoms with Gasteiger partial charge in [0.1, 0.15) is 0 Å². The van der Waals surface area contributed by atoms with Gasteiger partial charge in [0, 0.05) is 57.0 Å². The van der Waals surface area contributed by atoms with Gasteiger partial charge in [0.25, 0.3) is 0 Å². The minimum Gasteiger partial charge on any atom is -0.265 e. The van der Waals surface area contributed by atoms with Crippen LogP contribution in [0.5, 0.6) is 0 Å². The second kappa shape index (κ2) is 8.46. The zero-order valence-electron chi connectivity index (χ0n) is 21.7. The highest BCUT2D eigenvalue weighted by molar-refractivity contribution is 7.22. The first-order valence-corrected chi connectivity index (χ1v) is 14.0. The molecule has 0 saturated heterocycles. The summed E-state index contributed by atoms with van der Waals surface area (Å²) < 4.78 is 1.32. The number of allylic oxidation sites excluding steroid dienone is 1. The molecule has 0 N–H and O–H groups in total. The van der Waals surface area contributed by atoms with Gasteiger partial charge >= 0.3 is 0 Å². The van der Waals surface area contributed by atoms with Gasteiger partial charge < -0.3 is 0 Å². The van der Waals surface area contributed by atoms with Gasteiger partial charge in [-0.1, -0.05) is 52.0 Å². The van der Waals surface area contributed by atoms with Crippen LogP contribution in [-0.4, -0.2) is 16.4 Å². The first kappa shape index (κ1) is 22.6. The molecule has 5 aromatic rings. The molecular weight excluding hydrogens is 470 g/mol. The van der Waals surface area contributed by atoms with E-state index in [1.54, 1.807) is 0 Å². The second-order valence-corrected chi connectivity index (χ2v) is 12.0. The van der Waals surface area contributed by atoms with Gasteiger partial charge in [-0.05, 0) is 75.2 Å². The van der Waals surface area contributed by atoms with Crippen molar-refractivity contribution in [3.8, 4) is 10.4 Å². The normalized spacial score (nSPS) is 15.2. The Balaban J connectivity index is 1.31. The van der Waals surface area contributed by atoms with Crippen molar-refractivity contribution in [2.24, 2.45) is 21.8 Å². The van der Waals surface area contributed by atoms with Gasteiger partial charge in [0.05, 0.1) is 11.2 Å². The van der Waals surface area contributed by atoms with Crippen molar-refractivity contribution in [1.82, 2.24) is 4.98 Å². The fourth-order valence-electron chi connectivity index (χ4n) is 5.61. The Hall–Kier alpha value is -3.63. The van der Waals surface area contributed by atoms with Crippen molar-refractivity contribution < 1.29 is 0 Å². The Labute approximate surface area is 221 Å². The molecule has 4 heterocycles. The molecule has 0 amide bonds. The zero-order chi connectivity index (χ0) is 25.3. The number of pyridine rings is 1. The summed E-state index contributed by atoms with van der Waals surface area (Å²) in [5, 5.41) is 4.95. The SMILES string of the molecule is CC(C)C1=NC=C(c2ccc3cc(-c4ccc5c6c(c7cccnc7c5c4)N=C(C(C)C)C6)sc3c2)C1. The summed E-state index contributed by atoms with van der Waals surface area (Å²) in [4.78, 5) is 15.8. The largest absolute Gasteiger partial charge is 0.265 e. The molecular formula is C33H29N3S. The van der Waals surface area contributed by atoms with E-state index >= 15 is 0 Å². The maximum atomic E-state index is 5.06. The van der Waals surface area contributed by atoms with Crippen LogP contribution in [-0.2, 0) is 6.42 Å². The van der Waals surface area contributed by atoms with Crippen LogP contribution >= 0.6 is 11.3 Å². The van der Waals surface area contributed by atoms with Crippen LogP contribution in [0.1, 0.15) is 45.2 Å². The Bertz CT molecular complexity index is 1830. The average Bonchev–Trinajstić information content (AvgIpc) is 3.66. The first-order chi connectivity index (χ1) is 18.0. The van der Waals surface area contributed by atoms with E-state index in [1.165, 1.54) is 59.4 Å². The van der Waals surface area contributed by atoms with Crippen LogP contribution in [0.4, 0.5) is 5.69 Å². The summed E-state index contributed by atoms with van der Waals surface area (Å²) in [5.74, 6) is 0.939. The quantitative estimate of drug-likeness (QED) is 0.227. The Morgan fingerprint density at radius 1 is 0.784 bits per heavy atom. The van der Waals surface area contributed by atoms with Crippen molar-refractivity contribution in [3.05, 3.63) is 78.1 Å². The van der Waals surface area contributed by atoms with Gasteiger partial charge in [0.2, 0.25) is 0 Å². The maximum Gasteiger partial charge on any atom is 0.0802 e. The number of nitrogens with zero attached hydrogens (tertiary/aromatic N) is 3. The molecule has 7 rings (SSSR count). The monoisotopic (exact) mass is 499 g/mol. The Morgan fingerprint density at radius 3 is 2.43 bits per heavy atom. The number of thiophene rings is 1. The number of aromatic nitrogens is 1. The van der Waals surface area contributed by atoms with E-state index in [4.69, 9.17) is 9.98 Å². The van der Waals surface area contributed by atoms with Gasteiger partial charge in [0.15, 0.2) is 0 Å². The second-order valence-electron chi connectivity index (χ2n) is 10.9. The first-order valence-electron chi connectivity index (χ1n) is 13.2. The molecule has 0 bridgehead atoms. The van der Waals surface area contributed by atoms with Crippen molar-refractivity contribution in [3.63, 3.8) is 0 Å². The Kier molecular flexibility index (Phi) is 5.16.